The fourth-order valence-electron chi connectivity index (χ4n) is 0.700. The van der Waals surface area contributed by atoms with E-state index in [0.29, 0.717) is 11.4 Å². The van der Waals surface area contributed by atoms with Crippen LogP contribution < -0.4 is 0 Å². The molecule has 64 valence electrons. The van der Waals surface area contributed by atoms with E-state index in [1.165, 1.54) is 0 Å². The third kappa shape index (κ3) is 5.39. The molecule has 0 saturated carbocycles. The molecule has 0 fully saturated rings. The van der Waals surface area contributed by atoms with Gasteiger partial charge in [-0.05, 0) is 33.1 Å². The Hall–Kier alpha value is -1.06. The molecule has 0 heterocycles. The Balaban J connectivity index is 3.43. The monoisotopic (exact) mass is 158 g/mol. The van der Waals surface area contributed by atoms with Gasteiger partial charge in [0.25, 0.3) is 0 Å². The van der Waals surface area contributed by atoms with Gasteiger partial charge in [0, 0.05) is 0 Å². The van der Waals surface area contributed by atoms with Gasteiger partial charge >= 0.3 is 0 Å². The fourth-order valence-corrected chi connectivity index (χ4v) is 0.700. The summed E-state index contributed by atoms with van der Waals surface area (Å²) in [5.74, 6) is 0. The highest BCUT2D eigenvalue weighted by Crippen LogP contribution is 1.98. The Morgan fingerprint density at radius 2 is 1.36 bits per heavy atom. The molecule has 4 nitrogen and oxygen atoms in total. The average Bonchev–Trinajstić information content (AvgIpc) is 2.04. The van der Waals surface area contributed by atoms with E-state index in [1.54, 1.807) is 13.8 Å². The third-order valence-corrected chi connectivity index (χ3v) is 1.42. The molecular formula is C7H14N2O2. The lowest BCUT2D eigenvalue weighted by Crippen LogP contribution is -1.95. The molecule has 4 heteroatoms. The van der Waals surface area contributed by atoms with Crippen molar-refractivity contribution in [1.82, 2.24) is 0 Å². The lowest BCUT2D eigenvalue weighted by atomic mass is 10.1. The SMILES string of the molecule is C/C(CCC/C(C)=N/O)=N\O. The van der Waals surface area contributed by atoms with Crippen LogP contribution in [0.15, 0.2) is 10.3 Å². The van der Waals surface area contributed by atoms with Crippen molar-refractivity contribution in [2.75, 3.05) is 0 Å². The smallest absolute Gasteiger partial charge is 0.0540 e. The molecule has 11 heavy (non-hydrogen) atoms. The molecular weight excluding hydrogens is 144 g/mol. The molecule has 0 atom stereocenters. The van der Waals surface area contributed by atoms with Crippen molar-refractivity contribution in [3.05, 3.63) is 0 Å². The maximum absolute atomic E-state index is 8.27. The number of hydrogen-bond donors (Lipinski definition) is 2. The zero-order valence-corrected chi connectivity index (χ0v) is 6.91. The van der Waals surface area contributed by atoms with E-state index in [0.717, 1.165) is 19.3 Å². The summed E-state index contributed by atoms with van der Waals surface area (Å²) in [6.07, 6.45) is 2.33. The minimum atomic E-state index is 0.704. The van der Waals surface area contributed by atoms with Gasteiger partial charge in [-0.3, -0.25) is 0 Å². The second-order valence-corrected chi connectivity index (χ2v) is 2.52. The Morgan fingerprint density at radius 1 is 1.00 bits per heavy atom. The summed E-state index contributed by atoms with van der Waals surface area (Å²) in [6, 6.07) is 0. The van der Waals surface area contributed by atoms with Gasteiger partial charge in [0.05, 0.1) is 11.4 Å². The number of oxime groups is 2. The summed E-state index contributed by atoms with van der Waals surface area (Å²) in [6.45, 7) is 3.51. The normalized spacial score (nSPS) is 13.6. The molecule has 0 unspecified atom stereocenters. The van der Waals surface area contributed by atoms with Gasteiger partial charge in [0.2, 0.25) is 0 Å². The highest BCUT2D eigenvalue weighted by atomic mass is 16.4. The molecule has 0 aliphatic heterocycles. The molecule has 0 aromatic carbocycles. The van der Waals surface area contributed by atoms with Crippen LogP contribution in [0.2, 0.25) is 0 Å². The molecule has 0 rings (SSSR count). The molecule has 0 aromatic rings. The summed E-state index contributed by atoms with van der Waals surface area (Å²) in [4.78, 5) is 0. The van der Waals surface area contributed by atoms with E-state index in [-0.39, 0.29) is 0 Å². The van der Waals surface area contributed by atoms with E-state index in [2.05, 4.69) is 10.3 Å². The first-order chi connectivity index (χ1) is 5.20. The largest absolute Gasteiger partial charge is 0.411 e. The van der Waals surface area contributed by atoms with Crippen LogP contribution in [-0.4, -0.2) is 21.8 Å². The molecule has 0 aromatic heterocycles. The first kappa shape index (κ1) is 9.94. The first-order valence-electron chi connectivity index (χ1n) is 3.55. The third-order valence-electron chi connectivity index (χ3n) is 1.42. The van der Waals surface area contributed by atoms with Crippen molar-refractivity contribution in [2.45, 2.75) is 33.1 Å². The quantitative estimate of drug-likeness (QED) is 0.372. The Labute approximate surface area is 66.2 Å². The summed E-state index contributed by atoms with van der Waals surface area (Å²) in [5.41, 5.74) is 1.41. The molecule has 0 aliphatic carbocycles. The van der Waals surface area contributed by atoms with Crippen LogP contribution in [0.4, 0.5) is 0 Å². The number of hydrogen-bond acceptors (Lipinski definition) is 4. The summed E-state index contributed by atoms with van der Waals surface area (Å²) in [7, 11) is 0. The van der Waals surface area contributed by atoms with Crippen molar-refractivity contribution in [3.8, 4) is 0 Å². The molecule has 0 amide bonds. The zero-order chi connectivity index (χ0) is 8.69. The van der Waals surface area contributed by atoms with E-state index in [9.17, 15) is 0 Å². The summed E-state index contributed by atoms with van der Waals surface area (Å²) in [5, 5.41) is 22.6. The Morgan fingerprint density at radius 3 is 1.64 bits per heavy atom. The van der Waals surface area contributed by atoms with Crippen LogP contribution in [-0.2, 0) is 0 Å². The standard InChI is InChI=1S/C7H14N2O2/c1-6(8-10)4-3-5-7(2)9-11/h10-11H,3-5H2,1-2H3/b8-6+,9-7+. The van der Waals surface area contributed by atoms with E-state index in [1.807, 2.05) is 0 Å². The summed E-state index contributed by atoms with van der Waals surface area (Å²) < 4.78 is 0. The van der Waals surface area contributed by atoms with Crippen molar-refractivity contribution in [2.24, 2.45) is 10.3 Å². The zero-order valence-electron chi connectivity index (χ0n) is 6.91. The fraction of sp³-hybridized carbons (Fsp3) is 0.714. The Bertz CT molecular complexity index is 146. The maximum Gasteiger partial charge on any atom is 0.0540 e. The van der Waals surface area contributed by atoms with Gasteiger partial charge in [-0.15, -0.1) is 0 Å². The molecule has 0 aliphatic rings. The van der Waals surface area contributed by atoms with Crippen molar-refractivity contribution in [3.63, 3.8) is 0 Å². The second-order valence-electron chi connectivity index (χ2n) is 2.52. The van der Waals surface area contributed by atoms with Gasteiger partial charge in [-0.1, -0.05) is 10.3 Å². The number of rotatable bonds is 4. The lowest BCUT2D eigenvalue weighted by molar-refractivity contribution is 0.316. The lowest BCUT2D eigenvalue weighted by Gasteiger charge is -1.96. The second kappa shape index (κ2) is 5.70. The van der Waals surface area contributed by atoms with Gasteiger partial charge in [-0.25, -0.2) is 0 Å². The maximum atomic E-state index is 8.27. The molecule has 0 radical (unpaired) electrons. The van der Waals surface area contributed by atoms with Crippen LogP contribution >= 0.6 is 0 Å². The minimum absolute atomic E-state index is 0.704. The van der Waals surface area contributed by atoms with E-state index < -0.39 is 0 Å². The van der Waals surface area contributed by atoms with Gasteiger partial charge in [-0.2, -0.15) is 0 Å². The van der Waals surface area contributed by atoms with Crippen LogP contribution in [0, 0.1) is 0 Å². The van der Waals surface area contributed by atoms with Gasteiger partial charge in [0.15, 0.2) is 0 Å². The minimum Gasteiger partial charge on any atom is -0.411 e. The molecule has 0 bridgehead atoms. The highest BCUT2D eigenvalue weighted by molar-refractivity contribution is 5.83. The van der Waals surface area contributed by atoms with Crippen LogP contribution in [0.25, 0.3) is 0 Å². The topological polar surface area (TPSA) is 65.2 Å². The van der Waals surface area contributed by atoms with Crippen molar-refractivity contribution in [1.29, 1.82) is 0 Å². The van der Waals surface area contributed by atoms with Crippen molar-refractivity contribution >= 4 is 11.4 Å². The number of nitrogens with zero attached hydrogens (tertiary/aromatic N) is 2. The van der Waals surface area contributed by atoms with Crippen molar-refractivity contribution < 1.29 is 10.4 Å². The highest BCUT2D eigenvalue weighted by Gasteiger charge is 1.94. The molecule has 2 N–H and O–H groups in total. The van der Waals surface area contributed by atoms with Crippen LogP contribution in [0.5, 0.6) is 0 Å². The molecule has 0 saturated heterocycles. The van der Waals surface area contributed by atoms with E-state index >= 15 is 0 Å². The summed E-state index contributed by atoms with van der Waals surface area (Å²) >= 11 is 0. The van der Waals surface area contributed by atoms with Gasteiger partial charge in [0.1, 0.15) is 0 Å². The molecule has 0 spiro atoms. The predicted molar refractivity (Wildman–Crippen MR) is 43.6 cm³/mol. The Kier molecular flexibility index (Phi) is 5.15. The van der Waals surface area contributed by atoms with Crippen LogP contribution in [0.3, 0.4) is 0 Å². The first-order valence-corrected chi connectivity index (χ1v) is 3.55. The van der Waals surface area contributed by atoms with Gasteiger partial charge < -0.3 is 10.4 Å². The average molecular weight is 158 g/mol. The predicted octanol–water partition coefficient (Wildman–Crippen LogP) is 1.86. The van der Waals surface area contributed by atoms with E-state index in [4.69, 9.17) is 10.4 Å². The van der Waals surface area contributed by atoms with Crippen LogP contribution in [0.1, 0.15) is 33.1 Å².